The van der Waals surface area contributed by atoms with Crippen LogP contribution in [0.15, 0.2) is 54.6 Å². The van der Waals surface area contributed by atoms with Crippen LogP contribution in [0.4, 0.5) is 0 Å². The minimum absolute atomic E-state index is 0.129. The van der Waals surface area contributed by atoms with Gasteiger partial charge in [-0.05, 0) is 42.4 Å². The first-order valence-corrected chi connectivity index (χ1v) is 8.39. The van der Waals surface area contributed by atoms with E-state index in [9.17, 15) is 4.79 Å². The highest BCUT2D eigenvalue weighted by molar-refractivity contribution is 5.95. The van der Waals surface area contributed by atoms with Gasteiger partial charge in [0, 0.05) is 25.2 Å². The van der Waals surface area contributed by atoms with E-state index in [1.807, 2.05) is 29.2 Å². The van der Waals surface area contributed by atoms with Crippen LogP contribution in [0.25, 0.3) is 0 Å². The molecule has 2 aromatic rings. The molecule has 3 heteroatoms. The normalized spacial score (nSPS) is 15.6. The summed E-state index contributed by atoms with van der Waals surface area (Å²) in [7, 11) is 0. The largest absolute Gasteiger partial charge is 0.339 e. The second kappa shape index (κ2) is 7.42. The van der Waals surface area contributed by atoms with Crippen molar-refractivity contribution in [3.05, 3.63) is 71.3 Å². The molecule has 2 aromatic carbocycles. The summed E-state index contributed by atoms with van der Waals surface area (Å²) >= 11 is 0. The fourth-order valence-electron chi connectivity index (χ4n) is 3.36. The minimum atomic E-state index is 0.129. The highest BCUT2D eigenvalue weighted by Gasteiger charge is 2.24. The molecule has 0 aromatic heterocycles. The second-order valence-electron chi connectivity index (χ2n) is 6.29. The number of amides is 1. The zero-order chi connectivity index (χ0) is 16.1. The number of piperidine rings is 1. The smallest absolute Gasteiger partial charge is 0.254 e. The van der Waals surface area contributed by atoms with Crippen LogP contribution in [-0.4, -0.2) is 23.9 Å². The summed E-state index contributed by atoms with van der Waals surface area (Å²) in [6.07, 6.45) is 3.26. The lowest BCUT2D eigenvalue weighted by Gasteiger charge is -2.32. The average Bonchev–Trinajstić information content (AvgIpc) is 2.62. The van der Waals surface area contributed by atoms with E-state index in [1.54, 1.807) is 0 Å². The molecule has 3 nitrogen and oxygen atoms in total. The van der Waals surface area contributed by atoms with Crippen molar-refractivity contribution in [2.24, 2.45) is 11.7 Å². The third kappa shape index (κ3) is 3.80. The molecular weight excluding hydrogens is 284 g/mol. The molecule has 0 aliphatic carbocycles. The van der Waals surface area contributed by atoms with Crippen LogP contribution < -0.4 is 5.73 Å². The molecule has 0 atom stereocenters. The van der Waals surface area contributed by atoms with E-state index in [2.05, 4.69) is 30.3 Å². The van der Waals surface area contributed by atoms with E-state index in [0.717, 1.165) is 43.5 Å². The molecule has 3 rings (SSSR count). The molecule has 0 spiro atoms. The maximum Gasteiger partial charge on any atom is 0.254 e. The van der Waals surface area contributed by atoms with Gasteiger partial charge in [-0.25, -0.2) is 0 Å². The van der Waals surface area contributed by atoms with E-state index in [0.29, 0.717) is 12.5 Å². The van der Waals surface area contributed by atoms with Gasteiger partial charge in [0.2, 0.25) is 0 Å². The van der Waals surface area contributed by atoms with Gasteiger partial charge in [-0.2, -0.15) is 0 Å². The summed E-state index contributed by atoms with van der Waals surface area (Å²) in [5.41, 5.74) is 8.84. The molecule has 0 saturated carbocycles. The summed E-state index contributed by atoms with van der Waals surface area (Å²) in [5.74, 6) is 0.801. The van der Waals surface area contributed by atoms with Crippen LogP contribution in [-0.2, 0) is 13.0 Å². The molecular formula is C20H24N2O. The van der Waals surface area contributed by atoms with Crippen molar-refractivity contribution in [3.8, 4) is 0 Å². The second-order valence-corrected chi connectivity index (χ2v) is 6.29. The molecule has 1 heterocycles. The number of carbonyl (C=O) groups is 1. The molecule has 23 heavy (non-hydrogen) atoms. The maximum absolute atomic E-state index is 12.7. The minimum Gasteiger partial charge on any atom is -0.339 e. The van der Waals surface area contributed by atoms with Crippen molar-refractivity contribution < 1.29 is 4.79 Å². The van der Waals surface area contributed by atoms with Crippen molar-refractivity contribution >= 4 is 5.91 Å². The van der Waals surface area contributed by atoms with Gasteiger partial charge in [-0.1, -0.05) is 48.5 Å². The van der Waals surface area contributed by atoms with E-state index >= 15 is 0 Å². The quantitative estimate of drug-likeness (QED) is 0.942. The molecule has 0 unspecified atom stereocenters. The summed E-state index contributed by atoms with van der Waals surface area (Å²) in [4.78, 5) is 14.7. The van der Waals surface area contributed by atoms with Gasteiger partial charge in [0.15, 0.2) is 0 Å². The number of hydrogen-bond acceptors (Lipinski definition) is 2. The van der Waals surface area contributed by atoms with Gasteiger partial charge >= 0.3 is 0 Å². The van der Waals surface area contributed by atoms with Crippen LogP contribution in [0.3, 0.4) is 0 Å². The maximum atomic E-state index is 12.7. The standard InChI is InChI=1S/C20H24N2O/c21-15-18-8-4-5-9-19(18)20(23)22-12-10-17(11-13-22)14-16-6-2-1-3-7-16/h1-9,17H,10-15,21H2. The van der Waals surface area contributed by atoms with Crippen molar-refractivity contribution in [1.29, 1.82) is 0 Å². The Morgan fingerprint density at radius 1 is 1.00 bits per heavy atom. The van der Waals surface area contributed by atoms with Gasteiger partial charge in [0.05, 0.1) is 0 Å². The lowest BCUT2D eigenvalue weighted by molar-refractivity contribution is 0.0689. The van der Waals surface area contributed by atoms with Gasteiger partial charge in [0.1, 0.15) is 0 Å². The van der Waals surface area contributed by atoms with Crippen LogP contribution in [0, 0.1) is 5.92 Å². The lowest BCUT2D eigenvalue weighted by Crippen LogP contribution is -2.39. The zero-order valence-corrected chi connectivity index (χ0v) is 13.4. The number of likely N-dealkylation sites (tertiary alicyclic amines) is 1. The van der Waals surface area contributed by atoms with Crippen molar-refractivity contribution in [2.45, 2.75) is 25.8 Å². The van der Waals surface area contributed by atoms with E-state index in [4.69, 9.17) is 5.73 Å². The number of nitrogens with two attached hydrogens (primary N) is 1. The predicted octanol–water partition coefficient (Wildman–Crippen LogP) is 3.24. The van der Waals surface area contributed by atoms with Crippen LogP contribution in [0.2, 0.25) is 0 Å². The molecule has 0 bridgehead atoms. The molecule has 1 amide bonds. The van der Waals surface area contributed by atoms with Gasteiger partial charge in [0.25, 0.3) is 5.91 Å². The number of rotatable bonds is 4. The summed E-state index contributed by atoms with van der Waals surface area (Å²) in [5, 5.41) is 0. The fourth-order valence-corrected chi connectivity index (χ4v) is 3.36. The Bertz CT molecular complexity index is 646. The molecule has 1 aliphatic heterocycles. The molecule has 2 N–H and O–H groups in total. The first-order chi connectivity index (χ1) is 11.3. The van der Waals surface area contributed by atoms with E-state index < -0.39 is 0 Å². The molecule has 1 aliphatic rings. The Morgan fingerprint density at radius 3 is 2.35 bits per heavy atom. The topological polar surface area (TPSA) is 46.3 Å². The number of benzene rings is 2. The Kier molecular flexibility index (Phi) is 5.09. The number of hydrogen-bond donors (Lipinski definition) is 1. The van der Waals surface area contributed by atoms with E-state index in [-0.39, 0.29) is 5.91 Å². The van der Waals surface area contributed by atoms with Gasteiger partial charge in [-0.15, -0.1) is 0 Å². The molecule has 0 radical (unpaired) electrons. The average molecular weight is 308 g/mol. The van der Waals surface area contributed by atoms with Crippen LogP contribution in [0.1, 0.15) is 34.3 Å². The fraction of sp³-hybridized carbons (Fsp3) is 0.350. The van der Waals surface area contributed by atoms with Crippen molar-refractivity contribution in [3.63, 3.8) is 0 Å². The van der Waals surface area contributed by atoms with Gasteiger partial charge < -0.3 is 10.6 Å². The monoisotopic (exact) mass is 308 g/mol. The molecule has 1 fully saturated rings. The SMILES string of the molecule is NCc1ccccc1C(=O)N1CCC(Cc2ccccc2)CC1. The first-order valence-electron chi connectivity index (χ1n) is 8.39. The van der Waals surface area contributed by atoms with Crippen LogP contribution >= 0.6 is 0 Å². The Morgan fingerprint density at radius 2 is 1.65 bits per heavy atom. The highest BCUT2D eigenvalue weighted by Crippen LogP contribution is 2.23. The van der Waals surface area contributed by atoms with Gasteiger partial charge in [-0.3, -0.25) is 4.79 Å². The highest BCUT2D eigenvalue weighted by atomic mass is 16.2. The number of nitrogens with zero attached hydrogens (tertiary/aromatic N) is 1. The third-order valence-electron chi connectivity index (χ3n) is 4.74. The van der Waals surface area contributed by atoms with Crippen LogP contribution in [0.5, 0.6) is 0 Å². The van der Waals surface area contributed by atoms with E-state index in [1.165, 1.54) is 5.56 Å². The molecule has 120 valence electrons. The lowest BCUT2D eigenvalue weighted by atomic mass is 9.90. The summed E-state index contributed by atoms with van der Waals surface area (Å²) in [6, 6.07) is 18.3. The summed E-state index contributed by atoms with van der Waals surface area (Å²) in [6.45, 7) is 2.09. The van der Waals surface area contributed by atoms with Crippen molar-refractivity contribution in [2.75, 3.05) is 13.1 Å². The van der Waals surface area contributed by atoms with Crippen molar-refractivity contribution in [1.82, 2.24) is 4.90 Å². The first kappa shape index (κ1) is 15.8. The zero-order valence-electron chi connectivity index (χ0n) is 13.4. The Balaban J connectivity index is 1.59. The third-order valence-corrected chi connectivity index (χ3v) is 4.74. The summed E-state index contributed by atoms with van der Waals surface area (Å²) < 4.78 is 0. The number of carbonyl (C=O) groups excluding carboxylic acids is 1. The molecule has 1 saturated heterocycles. The predicted molar refractivity (Wildman–Crippen MR) is 93.1 cm³/mol. The Hall–Kier alpha value is -2.13. The Labute approximate surface area is 138 Å².